The van der Waals surface area contributed by atoms with Crippen LogP contribution >= 0.6 is 11.6 Å². The Labute approximate surface area is 80.9 Å². The number of carbonyl (C=O) groups is 1. The highest BCUT2D eigenvalue weighted by atomic mass is 35.5. The molecule has 0 saturated carbocycles. The van der Waals surface area contributed by atoms with Crippen LogP contribution in [0.4, 0.5) is 11.4 Å². The van der Waals surface area contributed by atoms with Crippen LogP contribution in [0.3, 0.4) is 0 Å². The van der Waals surface area contributed by atoms with Crippen LogP contribution in [0.15, 0.2) is 18.2 Å². The average molecular weight is 197 g/mol. The van der Waals surface area contributed by atoms with E-state index in [0.29, 0.717) is 12.1 Å². The highest BCUT2D eigenvalue weighted by molar-refractivity contribution is 6.33. The number of rotatable bonds is 0. The molecule has 0 unspecified atom stereocenters. The van der Waals surface area contributed by atoms with E-state index < -0.39 is 5.38 Å². The van der Waals surface area contributed by atoms with Crippen molar-refractivity contribution in [3.8, 4) is 0 Å². The third-order valence-electron chi connectivity index (χ3n) is 2.08. The van der Waals surface area contributed by atoms with E-state index >= 15 is 0 Å². The number of benzene rings is 1. The minimum absolute atomic E-state index is 0.153. The summed E-state index contributed by atoms with van der Waals surface area (Å²) in [5, 5.41) is 2.24. The number of nitrogen functional groups attached to an aromatic ring is 1. The van der Waals surface area contributed by atoms with Gasteiger partial charge >= 0.3 is 0 Å². The molecule has 68 valence electrons. The van der Waals surface area contributed by atoms with E-state index in [2.05, 4.69) is 5.32 Å². The number of alkyl halides is 1. The van der Waals surface area contributed by atoms with Crippen molar-refractivity contribution in [1.82, 2.24) is 0 Å². The van der Waals surface area contributed by atoms with Crippen molar-refractivity contribution in [3.63, 3.8) is 0 Å². The molecular weight excluding hydrogens is 188 g/mol. The molecule has 0 spiro atoms. The van der Waals surface area contributed by atoms with Gasteiger partial charge in [0.15, 0.2) is 0 Å². The molecule has 0 aromatic heterocycles. The summed E-state index contributed by atoms with van der Waals surface area (Å²) in [5.41, 5.74) is 8.04. The number of hydrogen-bond acceptors (Lipinski definition) is 2. The van der Waals surface area contributed by atoms with Gasteiger partial charge < -0.3 is 11.1 Å². The monoisotopic (exact) mass is 196 g/mol. The number of nitrogens with two attached hydrogens (primary N) is 1. The molecule has 0 saturated heterocycles. The van der Waals surface area contributed by atoms with Crippen LogP contribution in [0.1, 0.15) is 5.56 Å². The van der Waals surface area contributed by atoms with E-state index in [-0.39, 0.29) is 5.91 Å². The summed E-state index contributed by atoms with van der Waals surface area (Å²) in [6.07, 6.45) is 0.572. The van der Waals surface area contributed by atoms with Crippen molar-refractivity contribution in [1.29, 1.82) is 0 Å². The Morgan fingerprint density at radius 3 is 3.08 bits per heavy atom. The van der Waals surface area contributed by atoms with Gasteiger partial charge in [-0.3, -0.25) is 4.79 Å². The molecule has 1 aromatic carbocycles. The number of nitrogens with one attached hydrogen (secondary N) is 1. The zero-order valence-electron chi connectivity index (χ0n) is 6.88. The van der Waals surface area contributed by atoms with E-state index in [1.54, 1.807) is 12.1 Å². The van der Waals surface area contributed by atoms with E-state index in [1.807, 2.05) is 6.07 Å². The Kier molecular flexibility index (Phi) is 1.88. The number of anilines is 2. The molecule has 13 heavy (non-hydrogen) atoms. The first-order valence-corrected chi connectivity index (χ1v) is 4.44. The van der Waals surface area contributed by atoms with E-state index in [4.69, 9.17) is 17.3 Å². The van der Waals surface area contributed by atoms with Gasteiger partial charge in [-0.25, -0.2) is 0 Å². The quantitative estimate of drug-likeness (QED) is 0.487. The Hall–Kier alpha value is -1.22. The lowest BCUT2D eigenvalue weighted by Gasteiger charge is -2.20. The lowest BCUT2D eigenvalue weighted by atomic mass is 10.0. The van der Waals surface area contributed by atoms with Gasteiger partial charge in [0, 0.05) is 11.4 Å². The number of halogens is 1. The second kappa shape index (κ2) is 2.92. The van der Waals surface area contributed by atoms with Gasteiger partial charge in [0.1, 0.15) is 5.38 Å². The van der Waals surface area contributed by atoms with Crippen molar-refractivity contribution in [3.05, 3.63) is 23.8 Å². The normalized spacial score (nSPS) is 20.7. The summed E-state index contributed by atoms with van der Waals surface area (Å²) >= 11 is 5.79. The van der Waals surface area contributed by atoms with Crippen LogP contribution in [0.2, 0.25) is 0 Å². The summed E-state index contributed by atoms with van der Waals surface area (Å²) in [5.74, 6) is -0.153. The smallest absolute Gasteiger partial charge is 0.242 e. The molecule has 0 aliphatic carbocycles. The number of carbonyl (C=O) groups excluding carboxylic acids is 1. The molecule has 1 aliphatic rings. The molecule has 0 radical (unpaired) electrons. The van der Waals surface area contributed by atoms with Gasteiger partial charge in [-0.05, 0) is 24.1 Å². The molecule has 0 bridgehead atoms. The van der Waals surface area contributed by atoms with Gasteiger partial charge in [-0.2, -0.15) is 0 Å². The minimum Gasteiger partial charge on any atom is -0.399 e. The maximum Gasteiger partial charge on any atom is 0.242 e. The molecule has 3 N–H and O–H groups in total. The highest BCUT2D eigenvalue weighted by Gasteiger charge is 2.23. The summed E-state index contributed by atoms with van der Waals surface area (Å²) < 4.78 is 0. The van der Waals surface area contributed by atoms with E-state index in [9.17, 15) is 4.79 Å². The predicted octanol–water partition coefficient (Wildman–Crippen LogP) is 1.37. The second-order valence-electron chi connectivity index (χ2n) is 3.08. The average Bonchev–Trinajstić information content (AvgIpc) is 2.08. The van der Waals surface area contributed by atoms with Gasteiger partial charge in [0.25, 0.3) is 0 Å². The zero-order valence-corrected chi connectivity index (χ0v) is 7.64. The van der Waals surface area contributed by atoms with E-state index in [0.717, 1.165) is 11.3 Å². The van der Waals surface area contributed by atoms with Gasteiger partial charge in [-0.15, -0.1) is 11.6 Å². The summed E-state index contributed by atoms with van der Waals surface area (Å²) in [6, 6.07) is 5.44. The third-order valence-corrected chi connectivity index (χ3v) is 2.43. The first-order chi connectivity index (χ1) is 6.16. The van der Waals surface area contributed by atoms with Crippen LogP contribution in [-0.2, 0) is 11.2 Å². The summed E-state index contributed by atoms with van der Waals surface area (Å²) in [4.78, 5) is 11.2. The highest BCUT2D eigenvalue weighted by Crippen LogP contribution is 2.26. The molecule has 0 fully saturated rings. The van der Waals surface area contributed by atoms with Crippen molar-refractivity contribution in [2.75, 3.05) is 11.1 Å². The summed E-state index contributed by atoms with van der Waals surface area (Å²) in [7, 11) is 0. The van der Waals surface area contributed by atoms with E-state index in [1.165, 1.54) is 0 Å². The SMILES string of the molecule is Nc1ccc2c(c1)NC(=O)[C@@H](Cl)C2. The third kappa shape index (κ3) is 1.47. The Balaban J connectivity index is 2.42. The first kappa shape index (κ1) is 8.38. The molecule has 3 nitrogen and oxygen atoms in total. The minimum atomic E-state index is -0.462. The van der Waals surface area contributed by atoms with Crippen LogP contribution in [0.5, 0.6) is 0 Å². The fraction of sp³-hybridized carbons (Fsp3) is 0.222. The van der Waals surface area contributed by atoms with Gasteiger partial charge in [-0.1, -0.05) is 6.07 Å². The molecule has 1 heterocycles. The van der Waals surface area contributed by atoms with Crippen LogP contribution in [-0.4, -0.2) is 11.3 Å². The Morgan fingerprint density at radius 2 is 2.31 bits per heavy atom. The Bertz CT molecular complexity index is 365. The molecule has 1 atom stereocenters. The molecule has 1 aliphatic heterocycles. The fourth-order valence-corrected chi connectivity index (χ4v) is 1.61. The van der Waals surface area contributed by atoms with Crippen molar-refractivity contribution in [2.45, 2.75) is 11.8 Å². The lowest BCUT2D eigenvalue weighted by molar-refractivity contribution is -0.116. The maximum atomic E-state index is 11.2. The van der Waals surface area contributed by atoms with Crippen LogP contribution in [0.25, 0.3) is 0 Å². The number of fused-ring (bicyclic) bond motifs is 1. The van der Waals surface area contributed by atoms with Gasteiger partial charge in [0.05, 0.1) is 0 Å². The van der Waals surface area contributed by atoms with Crippen LogP contribution in [0, 0.1) is 0 Å². The number of hydrogen-bond donors (Lipinski definition) is 2. The molecule has 1 aromatic rings. The van der Waals surface area contributed by atoms with Crippen molar-refractivity contribution in [2.24, 2.45) is 0 Å². The molecular formula is C9H9ClN2O. The predicted molar refractivity (Wildman–Crippen MR) is 52.8 cm³/mol. The molecule has 1 amide bonds. The van der Waals surface area contributed by atoms with Crippen LogP contribution < -0.4 is 11.1 Å². The number of amides is 1. The topological polar surface area (TPSA) is 55.1 Å². The second-order valence-corrected chi connectivity index (χ2v) is 3.60. The lowest BCUT2D eigenvalue weighted by Crippen LogP contribution is -2.30. The maximum absolute atomic E-state index is 11.2. The zero-order chi connectivity index (χ0) is 9.42. The van der Waals surface area contributed by atoms with Crippen molar-refractivity contribution >= 4 is 28.9 Å². The largest absolute Gasteiger partial charge is 0.399 e. The van der Waals surface area contributed by atoms with Crippen molar-refractivity contribution < 1.29 is 4.79 Å². The first-order valence-electron chi connectivity index (χ1n) is 4.00. The van der Waals surface area contributed by atoms with Gasteiger partial charge in [0.2, 0.25) is 5.91 Å². The standard InChI is InChI=1S/C9H9ClN2O/c10-7-3-5-1-2-6(11)4-8(5)12-9(7)13/h1-2,4,7H,3,11H2,(H,12,13)/t7-/m0/s1. The molecule has 4 heteroatoms. The summed E-state index contributed by atoms with van der Waals surface area (Å²) in [6.45, 7) is 0. The fourth-order valence-electron chi connectivity index (χ4n) is 1.39. The molecule has 2 rings (SSSR count). The Morgan fingerprint density at radius 1 is 1.54 bits per heavy atom.